The molecule has 4 atom stereocenters. The van der Waals surface area contributed by atoms with Crippen LogP contribution in [0.25, 0.3) is 0 Å². The molecule has 1 heterocycles. The number of carbonyl (C=O) groups is 1. The minimum atomic E-state index is 0.148. The highest BCUT2D eigenvalue weighted by molar-refractivity contribution is 14.1. The molecule has 0 N–H and O–H groups in total. The summed E-state index contributed by atoms with van der Waals surface area (Å²) in [6.07, 6.45) is 2.23. The molecule has 0 aliphatic carbocycles. The Morgan fingerprint density at radius 3 is 2.60 bits per heavy atom. The van der Waals surface area contributed by atoms with E-state index in [2.05, 4.69) is 70.9 Å². The Morgan fingerprint density at radius 2 is 2.20 bits per heavy atom. The van der Waals surface area contributed by atoms with E-state index in [9.17, 15) is 4.79 Å². The molecule has 4 heteroatoms. The molecule has 0 radical (unpaired) electrons. The molecule has 1 saturated heterocycles. The Hall–Kier alpha value is 0.930. The van der Waals surface area contributed by atoms with Gasteiger partial charge < -0.3 is 4.90 Å². The van der Waals surface area contributed by atoms with Crippen molar-refractivity contribution in [3.63, 3.8) is 0 Å². The van der Waals surface area contributed by atoms with E-state index in [-0.39, 0.29) is 3.92 Å². The number of amides is 1. The highest BCUT2D eigenvalue weighted by Gasteiger charge is 2.35. The third-order valence-corrected chi connectivity index (χ3v) is 6.05. The summed E-state index contributed by atoms with van der Waals surface area (Å²) >= 11 is 4.70. The van der Waals surface area contributed by atoms with E-state index in [1.165, 1.54) is 0 Å². The molecule has 1 aliphatic rings. The van der Waals surface area contributed by atoms with Crippen LogP contribution in [0.2, 0.25) is 0 Å². The van der Waals surface area contributed by atoms with Crippen LogP contribution in [0.4, 0.5) is 0 Å². The largest absolute Gasteiger partial charge is 0.330 e. The average molecular weight is 435 g/mol. The molecule has 15 heavy (non-hydrogen) atoms. The molecule has 88 valence electrons. The predicted molar refractivity (Wildman–Crippen MR) is 80.6 cm³/mol. The van der Waals surface area contributed by atoms with Crippen LogP contribution < -0.4 is 0 Å². The van der Waals surface area contributed by atoms with Gasteiger partial charge in [0.25, 0.3) is 0 Å². The number of nitrogens with zero attached hydrogens (tertiary/aromatic N) is 1. The summed E-state index contributed by atoms with van der Waals surface area (Å²) in [6.45, 7) is 7.49. The van der Waals surface area contributed by atoms with Gasteiger partial charge in [0.1, 0.15) is 0 Å². The van der Waals surface area contributed by atoms with E-state index in [1.54, 1.807) is 0 Å². The predicted octanol–water partition coefficient (Wildman–Crippen LogP) is 3.47. The molecule has 0 bridgehead atoms. The Kier molecular flexibility index (Phi) is 5.62. The maximum atomic E-state index is 12.2. The van der Waals surface area contributed by atoms with Gasteiger partial charge in [0, 0.05) is 6.54 Å². The molecule has 1 rings (SSSR count). The SMILES string of the molecule is CCC(C)C(I)C(=O)N1CC(C)C[C@H]1I. The van der Waals surface area contributed by atoms with Crippen LogP contribution in [0, 0.1) is 11.8 Å². The van der Waals surface area contributed by atoms with Crippen molar-refractivity contribution in [2.45, 2.75) is 41.6 Å². The molecular weight excluding hydrogens is 416 g/mol. The van der Waals surface area contributed by atoms with Crippen LogP contribution in [0.1, 0.15) is 33.6 Å². The summed E-state index contributed by atoms with van der Waals surface area (Å²) in [6, 6.07) is 0. The summed E-state index contributed by atoms with van der Waals surface area (Å²) in [5.74, 6) is 1.49. The summed E-state index contributed by atoms with van der Waals surface area (Å²) < 4.78 is 0.557. The summed E-state index contributed by atoms with van der Waals surface area (Å²) in [4.78, 5) is 14.3. The summed E-state index contributed by atoms with van der Waals surface area (Å²) in [5, 5.41) is 0. The molecule has 3 unspecified atom stereocenters. The fraction of sp³-hybridized carbons (Fsp3) is 0.909. The first-order valence-corrected chi connectivity index (χ1v) is 8.05. The molecule has 0 aromatic rings. The molecule has 0 saturated carbocycles. The monoisotopic (exact) mass is 435 g/mol. The van der Waals surface area contributed by atoms with Crippen LogP contribution in [0.3, 0.4) is 0 Å². The quantitative estimate of drug-likeness (QED) is 0.378. The lowest BCUT2D eigenvalue weighted by atomic mass is 10.0. The van der Waals surface area contributed by atoms with Gasteiger partial charge in [-0.15, -0.1) is 0 Å². The van der Waals surface area contributed by atoms with Crippen molar-refractivity contribution < 1.29 is 4.79 Å². The lowest BCUT2D eigenvalue weighted by Crippen LogP contribution is -2.40. The van der Waals surface area contributed by atoms with Gasteiger partial charge in [-0.1, -0.05) is 72.4 Å². The normalized spacial score (nSPS) is 30.3. The van der Waals surface area contributed by atoms with Crippen LogP contribution in [-0.2, 0) is 4.79 Å². The molecular formula is C11H19I2NO. The molecule has 1 amide bonds. The first-order chi connectivity index (χ1) is 6.97. The third kappa shape index (κ3) is 3.44. The Morgan fingerprint density at radius 1 is 1.60 bits per heavy atom. The lowest BCUT2D eigenvalue weighted by molar-refractivity contribution is -0.130. The van der Waals surface area contributed by atoms with Crippen molar-refractivity contribution in [3.8, 4) is 0 Å². The van der Waals surface area contributed by atoms with E-state index >= 15 is 0 Å². The second kappa shape index (κ2) is 6.02. The van der Waals surface area contributed by atoms with Crippen molar-refractivity contribution in [2.75, 3.05) is 6.54 Å². The van der Waals surface area contributed by atoms with Crippen LogP contribution in [0.15, 0.2) is 0 Å². The summed E-state index contributed by atoms with van der Waals surface area (Å²) in [5.41, 5.74) is 0. The van der Waals surface area contributed by atoms with E-state index < -0.39 is 0 Å². The molecule has 1 fully saturated rings. The average Bonchev–Trinajstić information content (AvgIpc) is 2.54. The summed E-state index contributed by atoms with van der Waals surface area (Å²) in [7, 11) is 0. The zero-order valence-electron chi connectivity index (χ0n) is 9.54. The fourth-order valence-corrected chi connectivity index (χ4v) is 4.06. The van der Waals surface area contributed by atoms with Gasteiger partial charge in [-0.05, 0) is 18.3 Å². The van der Waals surface area contributed by atoms with Crippen molar-refractivity contribution in [1.82, 2.24) is 4.90 Å². The third-order valence-electron chi connectivity index (χ3n) is 3.11. The van der Waals surface area contributed by atoms with Crippen molar-refractivity contribution >= 4 is 51.1 Å². The number of halogens is 2. The van der Waals surface area contributed by atoms with Gasteiger partial charge in [-0.25, -0.2) is 0 Å². The zero-order valence-corrected chi connectivity index (χ0v) is 13.9. The van der Waals surface area contributed by atoms with Crippen molar-refractivity contribution in [3.05, 3.63) is 0 Å². The van der Waals surface area contributed by atoms with Gasteiger partial charge in [0.05, 0.1) is 7.97 Å². The van der Waals surface area contributed by atoms with Gasteiger partial charge in [0.2, 0.25) is 5.91 Å². The number of likely N-dealkylation sites (tertiary alicyclic amines) is 1. The number of rotatable bonds is 3. The van der Waals surface area contributed by atoms with E-state index in [0.717, 1.165) is 19.4 Å². The highest BCUT2D eigenvalue weighted by atomic mass is 127. The molecule has 0 spiro atoms. The molecule has 0 aromatic carbocycles. The first kappa shape index (κ1) is 14.0. The van der Waals surface area contributed by atoms with Crippen LogP contribution >= 0.6 is 45.2 Å². The maximum Gasteiger partial charge on any atom is 0.236 e. The van der Waals surface area contributed by atoms with Crippen LogP contribution in [0.5, 0.6) is 0 Å². The molecule has 2 nitrogen and oxygen atoms in total. The Bertz CT molecular complexity index is 235. The number of carbonyl (C=O) groups excluding carboxylic acids is 1. The second-order valence-electron chi connectivity index (χ2n) is 4.55. The Balaban J connectivity index is 2.60. The van der Waals surface area contributed by atoms with Gasteiger partial charge >= 0.3 is 0 Å². The standard InChI is InChI=1S/C11H19I2NO/c1-4-8(3)10(13)11(15)14-6-7(2)5-9(14)12/h7-10H,4-6H2,1-3H3/t7?,8?,9-,10?/m0/s1. The first-order valence-electron chi connectivity index (χ1n) is 5.56. The fourth-order valence-electron chi connectivity index (χ4n) is 1.82. The number of alkyl halides is 2. The second-order valence-corrected chi connectivity index (χ2v) is 7.33. The highest BCUT2D eigenvalue weighted by Crippen LogP contribution is 2.30. The maximum absolute atomic E-state index is 12.2. The van der Waals surface area contributed by atoms with E-state index in [1.807, 2.05) is 0 Å². The number of hydrogen-bond donors (Lipinski definition) is 0. The smallest absolute Gasteiger partial charge is 0.236 e. The molecule has 0 aromatic heterocycles. The molecule has 1 aliphatic heterocycles. The van der Waals surface area contributed by atoms with Crippen LogP contribution in [-0.4, -0.2) is 25.3 Å². The van der Waals surface area contributed by atoms with E-state index in [4.69, 9.17) is 0 Å². The minimum absolute atomic E-state index is 0.148. The van der Waals surface area contributed by atoms with Gasteiger partial charge in [0.15, 0.2) is 0 Å². The lowest BCUT2D eigenvalue weighted by Gasteiger charge is -2.25. The number of hydrogen-bond acceptors (Lipinski definition) is 1. The topological polar surface area (TPSA) is 20.3 Å². The van der Waals surface area contributed by atoms with Crippen molar-refractivity contribution in [1.29, 1.82) is 0 Å². The minimum Gasteiger partial charge on any atom is -0.330 e. The van der Waals surface area contributed by atoms with E-state index in [0.29, 0.717) is 21.8 Å². The zero-order chi connectivity index (χ0) is 11.6. The van der Waals surface area contributed by atoms with Gasteiger partial charge in [-0.3, -0.25) is 4.79 Å². The van der Waals surface area contributed by atoms with Crippen molar-refractivity contribution in [2.24, 2.45) is 11.8 Å². The Labute approximate surface area is 120 Å². The van der Waals surface area contributed by atoms with Gasteiger partial charge in [-0.2, -0.15) is 0 Å².